The van der Waals surface area contributed by atoms with Crippen LogP contribution in [0.1, 0.15) is 26.0 Å². The Morgan fingerprint density at radius 3 is 2.19 bits per heavy atom. The van der Waals surface area contributed by atoms with Gasteiger partial charge in [0.2, 0.25) is 17.7 Å². The van der Waals surface area contributed by atoms with E-state index in [1.165, 1.54) is 26.4 Å². The first-order chi connectivity index (χ1) is 14.4. The number of nitrogens with one attached hydrogen (secondary N) is 4. The molecule has 9 N–H and O–H groups in total. The van der Waals surface area contributed by atoms with Crippen LogP contribution in [0.15, 0.2) is 12.5 Å². The minimum atomic E-state index is -1.52. The second-order valence-corrected chi connectivity index (χ2v) is 6.84. The van der Waals surface area contributed by atoms with Gasteiger partial charge in [0.05, 0.1) is 24.9 Å². The lowest BCUT2D eigenvalue weighted by molar-refractivity contribution is -0.142. The average Bonchev–Trinajstić information content (AvgIpc) is 3.17. The molecule has 1 rings (SSSR count). The maximum absolute atomic E-state index is 12.8. The summed E-state index contributed by atoms with van der Waals surface area (Å²) >= 11 is 0. The number of carbonyl (C=O) groups is 5. The molecule has 0 aliphatic heterocycles. The summed E-state index contributed by atoms with van der Waals surface area (Å²) in [7, 11) is 0. The number of aliphatic carboxylic acids is 2. The molecule has 0 bridgehead atoms. The summed E-state index contributed by atoms with van der Waals surface area (Å²) in [4.78, 5) is 65.5. The number of aromatic amines is 1. The molecular formula is C17H26N6O8. The Morgan fingerprint density at radius 1 is 1.06 bits per heavy atom. The number of rotatable bonds is 12. The van der Waals surface area contributed by atoms with Crippen LogP contribution in [-0.4, -0.2) is 85.2 Å². The van der Waals surface area contributed by atoms with Crippen molar-refractivity contribution < 1.29 is 39.3 Å². The normalized spacial score (nSPS) is 15.6. The minimum Gasteiger partial charge on any atom is -0.481 e. The van der Waals surface area contributed by atoms with Crippen molar-refractivity contribution in [3.8, 4) is 0 Å². The number of aliphatic hydroxyl groups is 1. The van der Waals surface area contributed by atoms with Crippen molar-refractivity contribution in [2.24, 2.45) is 5.73 Å². The summed E-state index contributed by atoms with van der Waals surface area (Å²) in [6, 6.07) is -5.54. The number of aliphatic hydroxyl groups excluding tert-OH is 1. The fourth-order valence-electron chi connectivity index (χ4n) is 2.41. The molecule has 0 radical (unpaired) electrons. The Balaban J connectivity index is 2.97. The zero-order valence-corrected chi connectivity index (χ0v) is 16.9. The summed E-state index contributed by atoms with van der Waals surface area (Å²) in [5, 5.41) is 34.2. The van der Waals surface area contributed by atoms with E-state index in [4.69, 9.17) is 15.9 Å². The fraction of sp³-hybridized carbons (Fsp3) is 0.529. The Labute approximate surface area is 176 Å². The lowest BCUT2D eigenvalue weighted by atomic mass is 10.1. The summed E-state index contributed by atoms with van der Waals surface area (Å²) in [5.74, 6) is -5.39. The summed E-state index contributed by atoms with van der Waals surface area (Å²) in [6.45, 7) is 2.41. The van der Waals surface area contributed by atoms with Crippen LogP contribution in [-0.2, 0) is 30.4 Å². The van der Waals surface area contributed by atoms with Gasteiger partial charge in [0.1, 0.15) is 18.1 Å². The first kappa shape index (κ1) is 25.5. The van der Waals surface area contributed by atoms with Gasteiger partial charge in [-0.25, -0.2) is 4.98 Å². The molecule has 0 fully saturated rings. The van der Waals surface area contributed by atoms with Crippen LogP contribution in [0.3, 0.4) is 0 Å². The van der Waals surface area contributed by atoms with Crippen LogP contribution in [0.2, 0.25) is 0 Å². The van der Waals surface area contributed by atoms with Gasteiger partial charge in [-0.3, -0.25) is 24.0 Å². The first-order valence-corrected chi connectivity index (χ1v) is 9.19. The van der Waals surface area contributed by atoms with Crippen LogP contribution in [0.5, 0.6) is 0 Å². The van der Waals surface area contributed by atoms with Crippen molar-refractivity contribution in [2.75, 3.05) is 0 Å². The van der Waals surface area contributed by atoms with E-state index in [2.05, 4.69) is 25.9 Å². The highest BCUT2D eigenvalue weighted by Gasteiger charge is 2.32. The number of imidazole rings is 1. The average molecular weight is 442 g/mol. The second-order valence-electron chi connectivity index (χ2n) is 6.84. The zero-order chi connectivity index (χ0) is 23.7. The Kier molecular flexibility index (Phi) is 9.56. The molecule has 172 valence electrons. The molecule has 5 unspecified atom stereocenters. The summed E-state index contributed by atoms with van der Waals surface area (Å²) < 4.78 is 0. The van der Waals surface area contributed by atoms with Crippen molar-refractivity contribution in [1.29, 1.82) is 0 Å². The van der Waals surface area contributed by atoms with Crippen molar-refractivity contribution in [2.45, 2.75) is 57.0 Å². The van der Waals surface area contributed by atoms with Crippen molar-refractivity contribution in [3.05, 3.63) is 18.2 Å². The highest BCUT2D eigenvalue weighted by Crippen LogP contribution is 2.03. The van der Waals surface area contributed by atoms with E-state index in [1.54, 1.807) is 0 Å². The van der Waals surface area contributed by atoms with E-state index in [0.717, 1.165) is 0 Å². The molecule has 31 heavy (non-hydrogen) atoms. The highest BCUT2D eigenvalue weighted by molar-refractivity contribution is 5.95. The van der Waals surface area contributed by atoms with Crippen LogP contribution in [0, 0.1) is 0 Å². The molecule has 5 atom stereocenters. The number of hydrogen-bond acceptors (Lipinski definition) is 8. The van der Waals surface area contributed by atoms with E-state index in [0.29, 0.717) is 5.69 Å². The number of carboxylic acids is 2. The molecule has 14 heteroatoms. The molecule has 0 saturated heterocycles. The molecular weight excluding hydrogens is 416 g/mol. The largest absolute Gasteiger partial charge is 0.481 e. The molecule has 14 nitrogen and oxygen atoms in total. The topological polar surface area (TPSA) is 237 Å². The fourth-order valence-corrected chi connectivity index (χ4v) is 2.41. The third kappa shape index (κ3) is 8.39. The Morgan fingerprint density at radius 2 is 1.71 bits per heavy atom. The van der Waals surface area contributed by atoms with Gasteiger partial charge in [0, 0.05) is 18.3 Å². The zero-order valence-electron chi connectivity index (χ0n) is 16.9. The van der Waals surface area contributed by atoms with Gasteiger partial charge < -0.3 is 42.0 Å². The minimum absolute atomic E-state index is 0.114. The van der Waals surface area contributed by atoms with Crippen LogP contribution in [0.25, 0.3) is 0 Å². The standard InChI is InChI=1S/C17H26N6O8/c1-7(17(30)31)21-16(29)13(8(2)24)23-15(28)11(3-9-5-19-6-20-9)22-14(27)10(18)4-12(25)26/h5-8,10-11,13,24H,3-4,18H2,1-2H3,(H,19,20)(H,21,29)(H,22,27)(H,23,28)(H,25,26)(H,30,31). The number of hydrogen-bond donors (Lipinski definition) is 8. The highest BCUT2D eigenvalue weighted by atomic mass is 16.4. The van der Waals surface area contributed by atoms with E-state index < -0.39 is 66.4 Å². The summed E-state index contributed by atoms with van der Waals surface area (Å²) in [5.41, 5.74) is 5.95. The molecule has 0 aliphatic carbocycles. The molecule has 0 aliphatic rings. The van der Waals surface area contributed by atoms with Gasteiger partial charge in [-0.05, 0) is 13.8 Å². The number of carboxylic acid groups (broad SMARTS) is 2. The van der Waals surface area contributed by atoms with Gasteiger partial charge in [-0.1, -0.05) is 0 Å². The van der Waals surface area contributed by atoms with Crippen LogP contribution in [0.4, 0.5) is 0 Å². The Bertz CT molecular complexity index is 797. The van der Waals surface area contributed by atoms with Gasteiger partial charge in [0.25, 0.3) is 0 Å². The van der Waals surface area contributed by atoms with Crippen molar-refractivity contribution in [1.82, 2.24) is 25.9 Å². The molecule has 3 amide bonds. The van der Waals surface area contributed by atoms with E-state index in [-0.39, 0.29) is 6.42 Å². The smallest absolute Gasteiger partial charge is 0.325 e. The van der Waals surface area contributed by atoms with Gasteiger partial charge in [-0.2, -0.15) is 0 Å². The van der Waals surface area contributed by atoms with Gasteiger partial charge in [0.15, 0.2) is 0 Å². The number of amides is 3. The van der Waals surface area contributed by atoms with E-state index >= 15 is 0 Å². The SMILES string of the molecule is CC(NC(=O)C(NC(=O)C(Cc1cnc[nH]1)NC(=O)C(N)CC(=O)O)C(C)O)C(=O)O. The number of nitrogens with zero attached hydrogens (tertiary/aromatic N) is 1. The monoisotopic (exact) mass is 442 g/mol. The van der Waals surface area contributed by atoms with Gasteiger partial charge in [-0.15, -0.1) is 0 Å². The van der Waals surface area contributed by atoms with Crippen LogP contribution < -0.4 is 21.7 Å². The molecule has 1 aromatic heterocycles. The van der Waals surface area contributed by atoms with Crippen molar-refractivity contribution in [3.63, 3.8) is 0 Å². The third-order valence-electron chi connectivity index (χ3n) is 4.13. The van der Waals surface area contributed by atoms with Gasteiger partial charge >= 0.3 is 11.9 Å². The Hall–Kier alpha value is -3.52. The van der Waals surface area contributed by atoms with E-state index in [9.17, 15) is 29.1 Å². The van der Waals surface area contributed by atoms with Crippen LogP contribution >= 0.6 is 0 Å². The quantitative estimate of drug-likeness (QED) is 0.160. The maximum Gasteiger partial charge on any atom is 0.325 e. The lowest BCUT2D eigenvalue weighted by Gasteiger charge is -2.25. The molecule has 1 heterocycles. The van der Waals surface area contributed by atoms with E-state index in [1.807, 2.05) is 0 Å². The maximum atomic E-state index is 12.8. The molecule has 0 saturated carbocycles. The number of aromatic nitrogens is 2. The number of nitrogens with two attached hydrogens (primary N) is 1. The third-order valence-corrected chi connectivity index (χ3v) is 4.13. The number of carbonyl (C=O) groups excluding carboxylic acids is 3. The predicted octanol–water partition coefficient (Wildman–Crippen LogP) is -3.31. The van der Waals surface area contributed by atoms with Crippen molar-refractivity contribution >= 4 is 29.7 Å². The second kappa shape index (κ2) is 11.6. The first-order valence-electron chi connectivity index (χ1n) is 9.19. The molecule has 0 aromatic carbocycles. The predicted molar refractivity (Wildman–Crippen MR) is 103 cm³/mol. The number of H-pyrrole nitrogens is 1. The molecule has 0 spiro atoms. The summed E-state index contributed by atoms with van der Waals surface area (Å²) in [6.07, 6.45) is 0.536. The molecule has 1 aromatic rings. The lowest BCUT2D eigenvalue weighted by Crippen LogP contribution is -2.60.